The van der Waals surface area contributed by atoms with Crippen molar-refractivity contribution < 1.29 is 19.5 Å². The number of nitrogens with one attached hydrogen (secondary N) is 2. The van der Waals surface area contributed by atoms with Crippen molar-refractivity contribution in [3.05, 3.63) is 65.2 Å². The molecule has 5 atom stereocenters. The fourth-order valence-corrected chi connectivity index (χ4v) is 5.69. The molecule has 0 unspecified atom stereocenters. The van der Waals surface area contributed by atoms with Gasteiger partial charge in [-0.3, -0.25) is 24.6 Å². The third-order valence-corrected chi connectivity index (χ3v) is 7.23. The van der Waals surface area contributed by atoms with Crippen molar-refractivity contribution in [3.63, 3.8) is 0 Å². The number of nitrogens with zero attached hydrogens (tertiary/aromatic N) is 1. The fraction of sp³-hybridized carbons (Fsp3) is 0.400. The van der Waals surface area contributed by atoms with Gasteiger partial charge in [-0.1, -0.05) is 55.5 Å². The molecule has 0 bridgehead atoms. The number of para-hydroxylation sites is 1. The van der Waals surface area contributed by atoms with Crippen molar-refractivity contribution >= 4 is 23.4 Å². The number of aliphatic hydroxyl groups is 1. The van der Waals surface area contributed by atoms with Crippen molar-refractivity contribution in [1.82, 2.24) is 10.2 Å². The van der Waals surface area contributed by atoms with Crippen LogP contribution in [-0.4, -0.2) is 46.4 Å². The summed E-state index contributed by atoms with van der Waals surface area (Å²) >= 11 is 0. The smallest absolute Gasteiger partial charge is 0.250 e. The molecule has 0 aliphatic carbocycles. The zero-order valence-corrected chi connectivity index (χ0v) is 18.2. The molecule has 7 nitrogen and oxygen atoms in total. The number of fused-ring (bicyclic) bond motifs is 4. The molecule has 166 valence electrons. The standard InChI is InChI=1S/C25H27N3O4/c1-3-16-10-7-11-17-21(16)26-24(32)25(17)19-18(20(27-25)14(2)29)22(30)28(23(19)31)13-12-15-8-5-4-6-9-15/h4-11,14,18-20,27,29H,3,12-13H2,1-2H3,(H,26,32)/t14-,18-,19-,20-,25-/m0/s1. The molecule has 2 fully saturated rings. The normalized spacial score (nSPS) is 29.4. The first-order valence-corrected chi connectivity index (χ1v) is 11.2. The van der Waals surface area contributed by atoms with E-state index in [2.05, 4.69) is 10.6 Å². The Morgan fingerprint density at radius 2 is 1.81 bits per heavy atom. The first kappa shape index (κ1) is 20.8. The quantitative estimate of drug-likeness (QED) is 0.622. The average molecular weight is 434 g/mol. The molecule has 0 saturated carbocycles. The lowest BCUT2D eigenvalue weighted by atomic mass is 9.76. The number of benzene rings is 2. The fourth-order valence-electron chi connectivity index (χ4n) is 5.69. The highest BCUT2D eigenvalue weighted by Gasteiger charge is 2.71. The number of rotatable bonds is 5. The van der Waals surface area contributed by atoms with E-state index in [1.807, 2.05) is 55.5 Å². The third-order valence-electron chi connectivity index (χ3n) is 7.23. The Hall–Kier alpha value is -3.03. The van der Waals surface area contributed by atoms with Gasteiger partial charge in [0.15, 0.2) is 0 Å². The van der Waals surface area contributed by atoms with Gasteiger partial charge in [-0.25, -0.2) is 0 Å². The first-order valence-electron chi connectivity index (χ1n) is 11.2. The van der Waals surface area contributed by atoms with Crippen molar-refractivity contribution in [1.29, 1.82) is 0 Å². The number of carbonyl (C=O) groups excluding carboxylic acids is 3. The van der Waals surface area contributed by atoms with Crippen LogP contribution in [0.1, 0.15) is 30.5 Å². The van der Waals surface area contributed by atoms with Crippen LogP contribution in [0.15, 0.2) is 48.5 Å². The van der Waals surface area contributed by atoms with Crippen molar-refractivity contribution in [2.75, 3.05) is 11.9 Å². The van der Waals surface area contributed by atoms with Gasteiger partial charge >= 0.3 is 0 Å². The zero-order chi connectivity index (χ0) is 22.6. The van der Waals surface area contributed by atoms with Gasteiger partial charge in [0.25, 0.3) is 0 Å². The molecule has 2 aromatic carbocycles. The largest absolute Gasteiger partial charge is 0.392 e. The van der Waals surface area contributed by atoms with E-state index in [-0.39, 0.29) is 24.3 Å². The summed E-state index contributed by atoms with van der Waals surface area (Å²) in [7, 11) is 0. The van der Waals surface area contributed by atoms with Crippen LogP contribution in [0.2, 0.25) is 0 Å². The van der Waals surface area contributed by atoms with Gasteiger partial charge in [-0.15, -0.1) is 0 Å². The first-order chi connectivity index (χ1) is 15.4. The van der Waals surface area contributed by atoms with Crippen molar-refractivity contribution in [3.8, 4) is 0 Å². The molecule has 3 aliphatic rings. The van der Waals surface area contributed by atoms with Gasteiger partial charge in [0.2, 0.25) is 17.7 Å². The number of carbonyl (C=O) groups is 3. The Balaban J connectivity index is 1.56. The molecule has 3 heterocycles. The lowest BCUT2D eigenvalue weighted by Gasteiger charge is -2.30. The van der Waals surface area contributed by atoms with Gasteiger partial charge < -0.3 is 10.4 Å². The van der Waals surface area contributed by atoms with E-state index < -0.39 is 29.5 Å². The minimum absolute atomic E-state index is 0.251. The van der Waals surface area contributed by atoms with E-state index in [1.165, 1.54) is 4.90 Å². The monoisotopic (exact) mass is 433 g/mol. The Bertz CT molecular complexity index is 1100. The molecule has 5 rings (SSSR count). The molecule has 0 aromatic heterocycles. The maximum absolute atomic E-state index is 13.7. The number of likely N-dealkylation sites (tertiary alicyclic amines) is 1. The molecule has 2 saturated heterocycles. The molecular weight excluding hydrogens is 406 g/mol. The number of hydrogen-bond acceptors (Lipinski definition) is 5. The summed E-state index contributed by atoms with van der Waals surface area (Å²) in [5.74, 6) is -2.69. The van der Waals surface area contributed by atoms with Crippen LogP contribution in [0.5, 0.6) is 0 Å². The summed E-state index contributed by atoms with van der Waals surface area (Å²) in [6, 6.07) is 14.6. The summed E-state index contributed by atoms with van der Waals surface area (Å²) in [5.41, 5.74) is 2.04. The van der Waals surface area contributed by atoms with Crippen LogP contribution < -0.4 is 10.6 Å². The van der Waals surface area contributed by atoms with Crippen LogP contribution in [0.3, 0.4) is 0 Å². The van der Waals surface area contributed by atoms with E-state index in [1.54, 1.807) is 6.92 Å². The topological polar surface area (TPSA) is 98.7 Å². The van der Waals surface area contributed by atoms with Crippen LogP contribution in [0, 0.1) is 11.8 Å². The van der Waals surface area contributed by atoms with Gasteiger partial charge in [-0.05, 0) is 30.9 Å². The molecule has 7 heteroatoms. The summed E-state index contributed by atoms with van der Waals surface area (Å²) in [6.07, 6.45) is 0.364. The minimum Gasteiger partial charge on any atom is -0.392 e. The van der Waals surface area contributed by atoms with E-state index in [0.29, 0.717) is 17.7 Å². The summed E-state index contributed by atoms with van der Waals surface area (Å²) in [4.78, 5) is 41.8. The van der Waals surface area contributed by atoms with E-state index >= 15 is 0 Å². The van der Waals surface area contributed by atoms with Crippen LogP contribution >= 0.6 is 0 Å². The SMILES string of the molecule is CCc1cccc2c1NC(=O)[C@]21N[C@@H]([C@H](C)O)[C@H]2C(=O)N(CCc3ccccc3)C(=O)[C@H]21. The maximum atomic E-state index is 13.7. The summed E-state index contributed by atoms with van der Waals surface area (Å²) in [6.45, 7) is 3.85. The second-order valence-electron chi connectivity index (χ2n) is 8.93. The Morgan fingerprint density at radius 1 is 1.06 bits per heavy atom. The predicted octanol–water partition coefficient (Wildman–Crippen LogP) is 1.59. The van der Waals surface area contributed by atoms with Gasteiger partial charge in [-0.2, -0.15) is 0 Å². The maximum Gasteiger partial charge on any atom is 0.250 e. The molecular formula is C25H27N3O4. The average Bonchev–Trinajstić information content (AvgIpc) is 3.38. The lowest BCUT2D eigenvalue weighted by Crippen LogP contribution is -2.54. The van der Waals surface area contributed by atoms with Gasteiger partial charge in [0.1, 0.15) is 5.54 Å². The highest BCUT2D eigenvalue weighted by atomic mass is 16.3. The molecule has 32 heavy (non-hydrogen) atoms. The second-order valence-corrected chi connectivity index (χ2v) is 8.93. The van der Waals surface area contributed by atoms with Crippen LogP contribution in [0.4, 0.5) is 5.69 Å². The molecule has 1 spiro atoms. The summed E-state index contributed by atoms with van der Waals surface area (Å²) in [5, 5.41) is 16.7. The van der Waals surface area contributed by atoms with E-state index in [4.69, 9.17) is 0 Å². The Labute approximate surface area is 186 Å². The molecule has 3 aliphatic heterocycles. The van der Waals surface area contributed by atoms with Gasteiger partial charge in [0, 0.05) is 23.8 Å². The number of anilines is 1. The summed E-state index contributed by atoms with van der Waals surface area (Å²) < 4.78 is 0. The van der Waals surface area contributed by atoms with Crippen molar-refractivity contribution in [2.24, 2.45) is 11.8 Å². The number of imide groups is 1. The number of aryl methyl sites for hydroxylation is 1. The van der Waals surface area contributed by atoms with Crippen molar-refractivity contribution in [2.45, 2.75) is 44.4 Å². The Morgan fingerprint density at radius 3 is 2.50 bits per heavy atom. The highest BCUT2D eigenvalue weighted by molar-refractivity contribution is 6.15. The Kier molecular flexibility index (Phi) is 4.91. The van der Waals surface area contributed by atoms with E-state index in [0.717, 1.165) is 17.5 Å². The van der Waals surface area contributed by atoms with Gasteiger partial charge in [0.05, 0.1) is 17.9 Å². The number of aliphatic hydroxyl groups excluding tert-OH is 1. The van der Waals surface area contributed by atoms with E-state index in [9.17, 15) is 19.5 Å². The van der Waals surface area contributed by atoms with Crippen LogP contribution in [-0.2, 0) is 32.8 Å². The predicted molar refractivity (Wildman–Crippen MR) is 119 cm³/mol. The molecule has 3 N–H and O–H groups in total. The number of amides is 3. The molecule has 2 aromatic rings. The molecule has 0 radical (unpaired) electrons. The lowest BCUT2D eigenvalue weighted by molar-refractivity contribution is -0.143. The third kappa shape index (κ3) is 2.77. The van der Waals surface area contributed by atoms with Crippen LogP contribution in [0.25, 0.3) is 0 Å². The number of hydrogen-bond donors (Lipinski definition) is 3. The second kappa shape index (κ2) is 7.53. The minimum atomic E-state index is -1.36. The zero-order valence-electron chi connectivity index (χ0n) is 18.2. The highest BCUT2D eigenvalue weighted by Crippen LogP contribution is 2.53. The molecule has 3 amide bonds.